The molecule has 8 heteroatoms. The van der Waals surface area contributed by atoms with E-state index in [1.54, 1.807) is 17.0 Å². The summed E-state index contributed by atoms with van der Waals surface area (Å²) in [5.74, 6) is -1.70. The molecular weight excluding hydrogens is 472 g/mol. The van der Waals surface area contributed by atoms with Crippen molar-refractivity contribution in [1.29, 1.82) is 0 Å². The number of hydrogen-bond donors (Lipinski definition) is 1. The van der Waals surface area contributed by atoms with Crippen LogP contribution in [0.4, 0.5) is 5.69 Å². The van der Waals surface area contributed by atoms with Gasteiger partial charge in [-0.2, -0.15) is 0 Å². The number of carbonyl (C=O) groups excluding carboxylic acids is 3. The fourth-order valence-corrected chi connectivity index (χ4v) is 4.02. The van der Waals surface area contributed by atoms with E-state index >= 15 is 0 Å². The maximum Gasteiger partial charge on any atom is 0.311 e. The van der Waals surface area contributed by atoms with Crippen molar-refractivity contribution < 1.29 is 19.1 Å². The van der Waals surface area contributed by atoms with E-state index in [0.29, 0.717) is 10.7 Å². The summed E-state index contributed by atoms with van der Waals surface area (Å²) in [6.07, 6.45) is 0.0824. The summed E-state index contributed by atoms with van der Waals surface area (Å²) in [5.41, 5.74) is 2.36. The van der Waals surface area contributed by atoms with Crippen LogP contribution in [-0.2, 0) is 19.1 Å². The zero-order chi connectivity index (χ0) is 21.8. The molecule has 1 heterocycles. The molecule has 158 valence electrons. The highest BCUT2D eigenvalue weighted by Crippen LogP contribution is 2.30. The Balaban J connectivity index is 1.53. The molecule has 0 aromatic heterocycles. The van der Waals surface area contributed by atoms with Crippen molar-refractivity contribution in [3.05, 3.63) is 63.1 Å². The van der Waals surface area contributed by atoms with E-state index in [0.717, 1.165) is 15.6 Å². The van der Waals surface area contributed by atoms with Crippen molar-refractivity contribution in [2.75, 3.05) is 18.5 Å². The maximum absolute atomic E-state index is 12.4. The summed E-state index contributed by atoms with van der Waals surface area (Å²) >= 11 is 9.38. The van der Waals surface area contributed by atoms with Gasteiger partial charge in [0.1, 0.15) is 0 Å². The Morgan fingerprint density at radius 2 is 2.00 bits per heavy atom. The zero-order valence-corrected chi connectivity index (χ0v) is 19.0. The van der Waals surface area contributed by atoms with Gasteiger partial charge in [0, 0.05) is 23.1 Å². The number of carbonyl (C=O) groups is 3. The van der Waals surface area contributed by atoms with Crippen molar-refractivity contribution in [3.8, 4) is 0 Å². The predicted molar refractivity (Wildman–Crippen MR) is 118 cm³/mol. The Bertz CT molecular complexity index is 967. The molecule has 0 unspecified atom stereocenters. The Hall–Kier alpha value is -2.38. The van der Waals surface area contributed by atoms with E-state index in [1.165, 1.54) is 0 Å². The molecule has 6 nitrogen and oxygen atoms in total. The molecule has 2 aromatic carbocycles. The van der Waals surface area contributed by atoms with Crippen LogP contribution in [0.1, 0.15) is 30.5 Å². The molecule has 0 radical (unpaired) electrons. The molecule has 30 heavy (non-hydrogen) atoms. The number of rotatable bonds is 6. The average molecular weight is 494 g/mol. The number of ether oxygens (including phenoxy) is 1. The van der Waals surface area contributed by atoms with Crippen molar-refractivity contribution in [1.82, 2.24) is 4.90 Å². The molecule has 3 rings (SSSR count). The lowest BCUT2D eigenvalue weighted by Crippen LogP contribution is -2.30. The highest BCUT2D eigenvalue weighted by Gasteiger charge is 2.38. The number of anilines is 1. The van der Waals surface area contributed by atoms with Gasteiger partial charge in [-0.3, -0.25) is 14.4 Å². The minimum absolute atomic E-state index is 0.0824. The summed E-state index contributed by atoms with van der Waals surface area (Å²) < 4.78 is 5.89. The molecule has 0 bridgehead atoms. The Labute approximate surface area is 188 Å². The van der Waals surface area contributed by atoms with Crippen LogP contribution < -0.4 is 5.32 Å². The minimum atomic E-state index is -0.583. The monoisotopic (exact) mass is 492 g/mol. The SMILES string of the molecule is Cc1cc(Br)c(Cl)cc1NC(=O)COC(=O)[C@H]1CC(=O)N([C@@H](C)c2ccccc2)C1. The first-order valence-corrected chi connectivity index (χ1v) is 10.7. The molecular formula is C22H22BrClN2O4. The van der Waals surface area contributed by atoms with Gasteiger partial charge in [-0.15, -0.1) is 0 Å². The van der Waals surface area contributed by atoms with Crippen LogP contribution in [-0.4, -0.2) is 35.8 Å². The fourth-order valence-electron chi connectivity index (χ4n) is 3.40. The van der Waals surface area contributed by atoms with Gasteiger partial charge in [-0.1, -0.05) is 41.9 Å². The van der Waals surface area contributed by atoms with E-state index in [9.17, 15) is 14.4 Å². The molecule has 1 aliphatic rings. The van der Waals surface area contributed by atoms with Gasteiger partial charge in [-0.05, 0) is 53.0 Å². The number of likely N-dealkylation sites (tertiary alicyclic amines) is 1. The van der Waals surface area contributed by atoms with E-state index < -0.39 is 24.4 Å². The number of esters is 1. The van der Waals surface area contributed by atoms with Gasteiger partial charge in [-0.25, -0.2) is 0 Å². The average Bonchev–Trinajstić information content (AvgIpc) is 3.12. The van der Waals surface area contributed by atoms with Crippen LogP contribution >= 0.6 is 27.5 Å². The highest BCUT2D eigenvalue weighted by atomic mass is 79.9. The number of amides is 2. The summed E-state index contributed by atoms with van der Waals surface area (Å²) in [6.45, 7) is 3.61. The third-order valence-electron chi connectivity index (χ3n) is 5.13. The number of halogens is 2. The Kier molecular flexibility index (Phi) is 7.15. The largest absolute Gasteiger partial charge is 0.455 e. The second-order valence-corrected chi connectivity index (χ2v) is 8.53. The van der Waals surface area contributed by atoms with Gasteiger partial charge in [0.25, 0.3) is 5.91 Å². The number of aryl methyl sites for hydroxylation is 1. The first kappa shape index (κ1) is 22.3. The van der Waals surface area contributed by atoms with Gasteiger partial charge in [0.2, 0.25) is 5.91 Å². The highest BCUT2D eigenvalue weighted by molar-refractivity contribution is 9.10. The van der Waals surface area contributed by atoms with Crippen LogP contribution in [0.25, 0.3) is 0 Å². The van der Waals surface area contributed by atoms with Crippen LogP contribution in [0.3, 0.4) is 0 Å². The third kappa shape index (κ3) is 5.21. The first-order valence-electron chi connectivity index (χ1n) is 9.52. The van der Waals surface area contributed by atoms with Crippen molar-refractivity contribution in [3.63, 3.8) is 0 Å². The smallest absolute Gasteiger partial charge is 0.311 e. The third-order valence-corrected chi connectivity index (χ3v) is 6.33. The lowest BCUT2D eigenvalue weighted by atomic mass is 10.1. The summed E-state index contributed by atoms with van der Waals surface area (Å²) in [6, 6.07) is 12.9. The topological polar surface area (TPSA) is 75.7 Å². The molecule has 0 spiro atoms. The second-order valence-electron chi connectivity index (χ2n) is 7.27. The van der Waals surface area contributed by atoms with E-state index in [1.807, 2.05) is 44.2 Å². The molecule has 0 saturated carbocycles. The molecule has 1 fully saturated rings. The lowest BCUT2D eigenvalue weighted by Gasteiger charge is -2.25. The van der Waals surface area contributed by atoms with Crippen LogP contribution in [0.2, 0.25) is 5.02 Å². The van der Waals surface area contributed by atoms with Gasteiger partial charge < -0.3 is 15.0 Å². The van der Waals surface area contributed by atoms with Gasteiger partial charge in [0.05, 0.1) is 17.0 Å². The lowest BCUT2D eigenvalue weighted by molar-refractivity contribution is -0.151. The quantitative estimate of drug-likeness (QED) is 0.601. The number of nitrogens with one attached hydrogen (secondary N) is 1. The Morgan fingerprint density at radius 1 is 1.30 bits per heavy atom. The summed E-state index contributed by atoms with van der Waals surface area (Å²) in [7, 11) is 0. The normalized spacial score (nSPS) is 17.0. The standard InChI is InChI=1S/C22H22BrClN2O4/c1-13-8-17(23)18(24)10-19(13)25-20(27)12-30-22(29)16-9-21(28)26(11-16)14(2)15-6-4-3-5-7-15/h3-8,10,14,16H,9,11-12H2,1-2H3,(H,25,27)/t14-,16-/m0/s1. The number of benzene rings is 2. The minimum Gasteiger partial charge on any atom is -0.455 e. The molecule has 2 atom stereocenters. The maximum atomic E-state index is 12.4. The van der Waals surface area contributed by atoms with Gasteiger partial charge >= 0.3 is 5.97 Å². The predicted octanol–water partition coefficient (Wildman–Crippen LogP) is 4.50. The first-order chi connectivity index (χ1) is 14.3. The molecule has 1 N–H and O–H groups in total. The van der Waals surface area contributed by atoms with E-state index in [4.69, 9.17) is 16.3 Å². The summed E-state index contributed by atoms with van der Waals surface area (Å²) in [4.78, 5) is 38.7. The van der Waals surface area contributed by atoms with Crippen LogP contribution in [0, 0.1) is 12.8 Å². The fraction of sp³-hybridized carbons (Fsp3) is 0.318. The summed E-state index contributed by atoms with van der Waals surface area (Å²) in [5, 5.41) is 3.15. The van der Waals surface area contributed by atoms with Crippen molar-refractivity contribution >= 4 is 51.0 Å². The number of hydrogen-bond acceptors (Lipinski definition) is 4. The van der Waals surface area contributed by atoms with Gasteiger partial charge in [0.15, 0.2) is 6.61 Å². The molecule has 2 aromatic rings. The number of nitrogens with zero attached hydrogens (tertiary/aromatic N) is 1. The van der Waals surface area contributed by atoms with E-state index in [-0.39, 0.29) is 24.9 Å². The molecule has 2 amide bonds. The Morgan fingerprint density at radius 3 is 2.70 bits per heavy atom. The van der Waals surface area contributed by atoms with Crippen LogP contribution in [0.15, 0.2) is 46.9 Å². The van der Waals surface area contributed by atoms with Crippen molar-refractivity contribution in [2.24, 2.45) is 5.92 Å². The van der Waals surface area contributed by atoms with E-state index in [2.05, 4.69) is 21.2 Å². The zero-order valence-electron chi connectivity index (χ0n) is 16.7. The van der Waals surface area contributed by atoms with Crippen molar-refractivity contribution in [2.45, 2.75) is 26.3 Å². The molecule has 0 aliphatic carbocycles. The second kappa shape index (κ2) is 9.62. The molecule has 1 aliphatic heterocycles. The van der Waals surface area contributed by atoms with Crippen LogP contribution in [0.5, 0.6) is 0 Å². The molecule has 1 saturated heterocycles.